The van der Waals surface area contributed by atoms with E-state index in [0.717, 1.165) is 30.4 Å². The summed E-state index contributed by atoms with van der Waals surface area (Å²) in [5.41, 5.74) is 0.0616. The van der Waals surface area contributed by atoms with Gasteiger partial charge in [-0.25, -0.2) is 4.68 Å². The normalized spacial score (nSPS) is 34.0. The third-order valence-electron chi connectivity index (χ3n) is 4.86. The third kappa shape index (κ3) is 3.82. The van der Waals surface area contributed by atoms with Crippen LogP contribution in [0.3, 0.4) is 0 Å². The number of nitrogens with one attached hydrogen (secondary N) is 1. The zero-order valence-corrected chi connectivity index (χ0v) is 13.7. The fourth-order valence-corrected chi connectivity index (χ4v) is 3.43. The molecule has 1 aromatic rings. The van der Waals surface area contributed by atoms with Gasteiger partial charge in [0.2, 0.25) is 0 Å². The van der Waals surface area contributed by atoms with Gasteiger partial charge in [-0.15, -0.1) is 5.10 Å². The predicted octanol–water partition coefficient (Wildman–Crippen LogP) is -1.69. The average molecular weight is 356 g/mol. The molecule has 5 atom stereocenters. The van der Waals surface area contributed by atoms with E-state index < -0.39 is 37.3 Å². The monoisotopic (exact) mass is 356 g/mol. The highest BCUT2D eigenvalue weighted by Gasteiger charge is 2.45. The van der Waals surface area contributed by atoms with Gasteiger partial charge >= 0.3 is 0 Å². The molecule has 2 heterocycles. The van der Waals surface area contributed by atoms with Gasteiger partial charge in [0.25, 0.3) is 5.91 Å². The summed E-state index contributed by atoms with van der Waals surface area (Å²) in [5.74, 6) is -0.367. The molecule has 0 radical (unpaired) electrons. The van der Waals surface area contributed by atoms with Gasteiger partial charge < -0.3 is 30.5 Å². The highest BCUT2D eigenvalue weighted by atomic mass is 16.6. The molecule has 10 nitrogen and oxygen atoms in total. The number of nitrogens with zero attached hydrogens (tertiary/aromatic N) is 3. The van der Waals surface area contributed by atoms with E-state index in [4.69, 9.17) is 4.74 Å². The molecule has 2 aliphatic rings. The topological polar surface area (TPSA) is 150 Å². The van der Waals surface area contributed by atoms with E-state index in [1.807, 2.05) is 0 Å². The van der Waals surface area contributed by atoms with Gasteiger partial charge in [-0.1, -0.05) is 24.5 Å². The van der Waals surface area contributed by atoms with Crippen LogP contribution < -0.4 is 5.32 Å². The smallest absolute Gasteiger partial charge is 0.273 e. The van der Waals surface area contributed by atoms with Gasteiger partial charge in [0.1, 0.15) is 24.4 Å². The molecule has 0 unspecified atom stereocenters. The van der Waals surface area contributed by atoms with E-state index in [9.17, 15) is 25.2 Å². The summed E-state index contributed by atoms with van der Waals surface area (Å²) < 4.78 is 6.06. The first-order valence-corrected chi connectivity index (χ1v) is 8.54. The lowest BCUT2D eigenvalue weighted by Gasteiger charge is -2.39. The minimum Gasteiger partial charge on any atom is -0.394 e. The summed E-state index contributed by atoms with van der Waals surface area (Å²) in [6.07, 6.45) is 1.05. The molecule has 0 aromatic carbocycles. The second-order valence-electron chi connectivity index (χ2n) is 6.61. The van der Waals surface area contributed by atoms with Crippen LogP contribution in [-0.4, -0.2) is 78.6 Å². The van der Waals surface area contributed by atoms with Crippen LogP contribution in [0.4, 0.5) is 0 Å². The van der Waals surface area contributed by atoms with Gasteiger partial charge in [0.15, 0.2) is 12.0 Å². The van der Waals surface area contributed by atoms with Crippen molar-refractivity contribution in [3.8, 4) is 0 Å². The molecule has 1 aromatic heterocycles. The Labute approximate surface area is 144 Å². The van der Waals surface area contributed by atoms with Crippen molar-refractivity contribution in [2.75, 3.05) is 6.61 Å². The number of aromatic nitrogens is 3. The molecule has 140 valence electrons. The van der Waals surface area contributed by atoms with E-state index in [-0.39, 0.29) is 17.6 Å². The number of aliphatic hydroxyl groups excluding tert-OH is 4. The molecular formula is C15H24N4O6. The summed E-state index contributed by atoms with van der Waals surface area (Å²) in [6, 6.07) is -0.976. The molecular weight excluding hydrogens is 332 g/mol. The minimum absolute atomic E-state index is 0.0616. The molecule has 1 saturated heterocycles. The predicted molar refractivity (Wildman–Crippen MR) is 83.4 cm³/mol. The molecule has 1 saturated carbocycles. The zero-order valence-electron chi connectivity index (χ0n) is 13.7. The van der Waals surface area contributed by atoms with Crippen molar-refractivity contribution in [3.63, 3.8) is 0 Å². The highest BCUT2D eigenvalue weighted by molar-refractivity contribution is 5.92. The van der Waals surface area contributed by atoms with Crippen LogP contribution in [0, 0.1) is 0 Å². The van der Waals surface area contributed by atoms with Gasteiger partial charge in [0, 0.05) is 6.04 Å². The van der Waals surface area contributed by atoms with Crippen LogP contribution in [0.15, 0.2) is 6.20 Å². The Morgan fingerprint density at radius 3 is 2.64 bits per heavy atom. The summed E-state index contributed by atoms with van der Waals surface area (Å²) >= 11 is 0. The van der Waals surface area contributed by atoms with Crippen molar-refractivity contribution in [1.82, 2.24) is 20.3 Å². The van der Waals surface area contributed by atoms with Gasteiger partial charge in [0.05, 0.1) is 12.8 Å². The largest absolute Gasteiger partial charge is 0.394 e. The van der Waals surface area contributed by atoms with Crippen molar-refractivity contribution in [3.05, 3.63) is 11.9 Å². The van der Waals surface area contributed by atoms with Crippen LogP contribution >= 0.6 is 0 Å². The van der Waals surface area contributed by atoms with E-state index >= 15 is 0 Å². The minimum atomic E-state index is -1.59. The molecule has 3 rings (SSSR count). The molecule has 25 heavy (non-hydrogen) atoms. The number of ether oxygens (including phenoxy) is 1. The number of rotatable bonds is 4. The number of carbonyl (C=O) groups excluding carboxylic acids is 1. The van der Waals surface area contributed by atoms with Crippen molar-refractivity contribution < 1.29 is 30.0 Å². The molecule has 0 spiro atoms. The van der Waals surface area contributed by atoms with Crippen LogP contribution in [0.2, 0.25) is 0 Å². The summed E-state index contributed by atoms with van der Waals surface area (Å²) in [5, 5.41) is 49.8. The van der Waals surface area contributed by atoms with E-state index in [1.54, 1.807) is 0 Å². The van der Waals surface area contributed by atoms with Gasteiger partial charge in [-0.3, -0.25) is 4.79 Å². The standard InChI is InChI=1S/C15H24N4O6/c20-7-10-12(21)11(13(22)15(24)25-10)19-6-9(17-18-19)14(23)16-8-4-2-1-3-5-8/h6,8,10-13,15,20-22,24H,1-5,7H2,(H,16,23)/t10-,11+,12+,13-,15-/m1/s1. The lowest BCUT2D eigenvalue weighted by atomic mass is 9.95. The number of carbonyl (C=O) groups is 1. The molecule has 2 fully saturated rings. The summed E-state index contributed by atoms with van der Waals surface area (Å²) in [7, 11) is 0. The number of hydrogen-bond donors (Lipinski definition) is 5. The fourth-order valence-electron chi connectivity index (χ4n) is 3.43. The van der Waals surface area contributed by atoms with E-state index in [1.165, 1.54) is 12.6 Å². The van der Waals surface area contributed by atoms with Crippen LogP contribution in [-0.2, 0) is 4.74 Å². The van der Waals surface area contributed by atoms with Gasteiger partial charge in [-0.2, -0.15) is 0 Å². The fraction of sp³-hybridized carbons (Fsp3) is 0.800. The Bertz CT molecular complexity index is 590. The second-order valence-corrected chi connectivity index (χ2v) is 6.61. The Morgan fingerprint density at radius 1 is 1.24 bits per heavy atom. The maximum Gasteiger partial charge on any atom is 0.273 e. The first-order chi connectivity index (χ1) is 12.0. The molecule has 5 N–H and O–H groups in total. The molecule has 0 bridgehead atoms. The number of aliphatic hydroxyl groups is 4. The van der Waals surface area contributed by atoms with E-state index in [2.05, 4.69) is 15.6 Å². The Hall–Kier alpha value is -1.59. The first-order valence-electron chi connectivity index (χ1n) is 8.54. The van der Waals surface area contributed by atoms with E-state index in [0.29, 0.717) is 0 Å². The Morgan fingerprint density at radius 2 is 1.96 bits per heavy atom. The van der Waals surface area contributed by atoms with Crippen LogP contribution in [0.5, 0.6) is 0 Å². The third-order valence-corrected chi connectivity index (χ3v) is 4.86. The SMILES string of the molecule is O=C(NC1CCCCC1)c1cn([C@@H]2[C@@H](O)[C@H](O)O[C@H](CO)[C@@H]2O)nn1. The van der Waals surface area contributed by atoms with Crippen molar-refractivity contribution in [2.45, 2.75) is 68.8 Å². The van der Waals surface area contributed by atoms with Gasteiger partial charge in [-0.05, 0) is 12.8 Å². The van der Waals surface area contributed by atoms with Crippen molar-refractivity contribution in [1.29, 1.82) is 0 Å². The zero-order chi connectivity index (χ0) is 18.0. The molecule has 1 aliphatic heterocycles. The van der Waals surface area contributed by atoms with Crippen LogP contribution in [0.1, 0.15) is 48.6 Å². The quantitative estimate of drug-likeness (QED) is 0.429. The lowest BCUT2D eigenvalue weighted by molar-refractivity contribution is -0.270. The summed E-state index contributed by atoms with van der Waals surface area (Å²) in [4.78, 5) is 12.3. The number of amides is 1. The Kier molecular flexibility index (Phi) is 5.64. The second kappa shape index (κ2) is 7.75. The molecule has 1 aliphatic carbocycles. The highest BCUT2D eigenvalue weighted by Crippen LogP contribution is 2.28. The Balaban J connectivity index is 1.71. The molecule has 1 amide bonds. The first kappa shape index (κ1) is 18.2. The average Bonchev–Trinajstić information content (AvgIpc) is 3.09. The molecule has 10 heteroatoms. The van der Waals surface area contributed by atoms with Crippen LogP contribution in [0.25, 0.3) is 0 Å². The van der Waals surface area contributed by atoms with Crippen molar-refractivity contribution in [2.24, 2.45) is 0 Å². The lowest BCUT2D eigenvalue weighted by Crippen LogP contribution is -2.55. The summed E-state index contributed by atoms with van der Waals surface area (Å²) in [6.45, 7) is -0.537. The number of hydrogen-bond acceptors (Lipinski definition) is 8. The van der Waals surface area contributed by atoms with Crippen molar-refractivity contribution >= 4 is 5.91 Å². The maximum atomic E-state index is 12.3. The maximum absolute atomic E-state index is 12.3.